The number of fused-ring (bicyclic) bond motifs is 1. The second kappa shape index (κ2) is 2.47. The maximum absolute atomic E-state index is 9.10. The summed E-state index contributed by atoms with van der Waals surface area (Å²) >= 11 is 1.89. The molecule has 1 aromatic heterocycles. The van der Waals surface area contributed by atoms with Gasteiger partial charge in [-0.25, -0.2) is 0 Å². The van der Waals surface area contributed by atoms with Gasteiger partial charge in [-0.1, -0.05) is 0 Å². The molecule has 0 unspecified atom stereocenters. The van der Waals surface area contributed by atoms with Crippen LogP contribution in [0.3, 0.4) is 0 Å². The lowest BCUT2D eigenvalue weighted by Crippen LogP contribution is -1.80. The van der Waals surface area contributed by atoms with Crippen molar-refractivity contribution >= 4 is 33.9 Å². The highest BCUT2D eigenvalue weighted by Gasteiger charge is 2.06. The molecule has 0 saturated carbocycles. The van der Waals surface area contributed by atoms with Crippen molar-refractivity contribution in [2.24, 2.45) is 0 Å². The molecule has 2 rings (SSSR count). The summed E-state index contributed by atoms with van der Waals surface area (Å²) in [6, 6.07) is 2.74. The fourth-order valence-corrected chi connectivity index (χ4v) is 1.38. The van der Waals surface area contributed by atoms with Gasteiger partial charge in [0, 0.05) is 12.1 Å². The first-order valence-electron chi connectivity index (χ1n) is 3.12. The lowest BCUT2D eigenvalue weighted by molar-refractivity contribution is 0.405. The summed E-state index contributed by atoms with van der Waals surface area (Å²) in [5.41, 5.74) is 1.11. The van der Waals surface area contributed by atoms with Gasteiger partial charge in [-0.05, 0) is 0 Å². The van der Waals surface area contributed by atoms with Crippen LogP contribution in [0, 0.1) is 0 Å². The first-order valence-corrected chi connectivity index (χ1v) is 4.08. The number of rotatable bonds is 0. The fourth-order valence-electron chi connectivity index (χ4n) is 0.915. The van der Waals surface area contributed by atoms with Gasteiger partial charge in [-0.2, -0.15) is 0 Å². The van der Waals surface area contributed by atoms with Crippen LogP contribution in [0.1, 0.15) is 0 Å². The molecular formula is C6H4IN3O2. The molecule has 62 valence electrons. The molecule has 12 heavy (non-hydrogen) atoms. The summed E-state index contributed by atoms with van der Waals surface area (Å²) in [6.07, 6.45) is 0. The Morgan fingerprint density at radius 3 is 1.92 bits per heavy atom. The molecular weight excluding hydrogens is 273 g/mol. The van der Waals surface area contributed by atoms with Crippen molar-refractivity contribution in [2.75, 3.05) is 0 Å². The van der Waals surface area contributed by atoms with Crippen LogP contribution in [0.2, 0.25) is 0 Å². The normalized spacial score (nSPS) is 10.8. The van der Waals surface area contributed by atoms with Crippen LogP contribution in [0.15, 0.2) is 12.1 Å². The highest BCUT2D eigenvalue weighted by atomic mass is 127. The zero-order valence-electron chi connectivity index (χ0n) is 5.77. The highest BCUT2D eigenvalue weighted by Crippen LogP contribution is 2.28. The first-order chi connectivity index (χ1) is 5.66. The van der Waals surface area contributed by atoms with E-state index in [0.717, 1.165) is 0 Å². The molecule has 6 heteroatoms. The lowest BCUT2D eigenvalue weighted by Gasteiger charge is -1.93. The van der Waals surface area contributed by atoms with Crippen LogP contribution in [0.5, 0.6) is 11.5 Å². The number of halogens is 1. The van der Waals surface area contributed by atoms with E-state index in [9.17, 15) is 0 Å². The Kier molecular flexibility index (Phi) is 1.56. The number of aromatic nitrogens is 3. The molecule has 2 N–H and O–H groups in total. The number of hydrogen-bond donors (Lipinski definition) is 2. The molecule has 0 bridgehead atoms. The van der Waals surface area contributed by atoms with Crippen LogP contribution >= 0.6 is 22.9 Å². The Balaban J connectivity index is 2.83. The van der Waals surface area contributed by atoms with Gasteiger partial charge in [0.1, 0.15) is 33.9 Å². The quantitative estimate of drug-likeness (QED) is 0.557. The van der Waals surface area contributed by atoms with E-state index >= 15 is 0 Å². The van der Waals surface area contributed by atoms with Crippen molar-refractivity contribution in [1.29, 1.82) is 0 Å². The summed E-state index contributed by atoms with van der Waals surface area (Å²) in [6.45, 7) is 0. The number of aromatic hydroxyl groups is 2. The van der Waals surface area contributed by atoms with E-state index in [4.69, 9.17) is 10.2 Å². The van der Waals surface area contributed by atoms with Crippen molar-refractivity contribution in [1.82, 2.24) is 13.2 Å². The van der Waals surface area contributed by atoms with Crippen LogP contribution in [-0.2, 0) is 0 Å². The van der Waals surface area contributed by atoms with Crippen molar-refractivity contribution in [3.05, 3.63) is 12.1 Å². The van der Waals surface area contributed by atoms with Crippen LogP contribution < -0.4 is 0 Å². The second-order valence-electron chi connectivity index (χ2n) is 2.27. The Morgan fingerprint density at radius 1 is 1.08 bits per heavy atom. The minimum Gasteiger partial charge on any atom is -0.504 e. The zero-order chi connectivity index (χ0) is 8.72. The molecule has 5 nitrogen and oxygen atoms in total. The van der Waals surface area contributed by atoms with Crippen molar-refractivity contribution in [2.45, 2.75) is 0 Å². The predicted octanol–water partition coefficient (Wildman–Crippen LogP) is 1.04. The highest BCUT2D eigenvalue weighted by molar-refractivity contribution is 14.1. The van der Waals surface area contributed by atoms with E-state index in [0.29, 0.717) is 11.0 Å². The number of benzene rings is 1. The van der Waals surface area contributed by atoms with Gasteiger partial charge in [-0.3, -0.25) is 0 Å². The van der Waals surface area contributed by atoms with Gasteiger partial charge in [0.25, 0.3) is 0 Å². The van der Waals surface area contributed by atoms with Crippen LogP contribution in [-0.4, -0.2) is 23.4 Å². The number of phenolic OH excluding ortho intramolecular Hbond substituents is 2. The van der Waals surface area contributed by atoms with Gasteiger partial charge >= 0.3 is 0 Å². The topological polar surface area (TPSA) is 71.2 Å². The molecule has 1 aromatic carbocycles. The summed E-state index contributed by atoms with van der Waals surface area (Å²) in [7, 11) is 0. The second-order valence-corrected chi connectivity index (χ2v) is 3.13. The van der Waals surface area contributed by atoms with Crippen LogP contribution in [0.4, 0.5) is 0 Å². The summed E-state index contributed by atoms with van der Waals surface area (Å²) in [4.78, 5) is 0. The average Bonchev–Trinajstić information content (AvgIpc) is 2.30. The molecule has 0 saturated heterocycles. The van der Waals surface area contributed by atoms with E-state index in [2.05, 4.69) is 10.2 Å². The van der Waals surface area contributed by atoms with Gasteiger partial charge in [0.2, 0.25) is 0 Å². The number of hydrogen-bond acceptors (Lipinski definition) is 4. The molecule has 2 aromatic rings. The van der Waals surface area contributed by atoms with E-state index in [1.54, 1.807) is 0 Å². The van der Waals surface area contributed by atoms with Crippen molar-refractivity contribution in [3.8, 4) is 11.5 Å². The minimum absolute atomic E-state index is 0.181. The van der Waals surface area contributed by atoms with Gasteiger partial charge < -0.3 is 10.2 Å². The third-order valence-corrected chi connectivity index (χ3v) is 1.88. The average molecular weight is 277 g/mol. The Bertz CT molecular complexity index is 401. The molecule has 0 radical (unpaired) electrons. The SMILES string of the molecule is Oc1cc2nn(I)nc2cc1O. The maximum atomic E-state index is 9.10. The van der Waals surface area contributed by atoms with E-state index in [1.165, 1.54) is 15.1 Å². The van der Waals surface area contributed by atoms with Crippen molar-refractivity contribution < 1.29 is 10.2 Å². The summed E-state index contributed by atoms with van der Waals surface area (Å²) < 4.78 is 1.35. The van der Waals surface area contributed by atoms with Gasteiger partial charge in [-0.15, -0.1) is 13.2 Å². The largest absolute Gasteiger partial charge is 0.504 e. The summed E-state index contributed by atoms with van der Waals surface area (Å²) in [5.74, 6) is -0.362. The number of nitrogens with zero attached hydrogens (tertiary/aromatic N) is 3. The fraction of sp³-hybridized carbons (Fsp3) is 0. The van der Waals surface area contributed by atoms with E-state index < -0.39 is 0 Å². The maximum Gasteiger partial charge on any atom is 0.159 e. The molecule has 0 fully saturated rings. The lowest BCUT2D eigenvalue weighted by atomic mass is 10.3. The smallest absolute Gasteiger partial charge is 0.159 e. The number of phenols is 2. The molecule has 0 aliphatic carbocycles. The Labute approximate surface area is 81.1 Å². The van der Waals surface area contributed by atoms with E-state index in [-0.39, 0.29) is 11.5 Å². The third kappa shape index (κ3) is 1.07. The molecule has 0 amide bonds. The van der Waals surface area contributed by atoms with Crippen LogP contribution in [0.25, 0.3) is 11.0 Å². The van der Waals surface area contributed by atoms with E-state index in [1.807, 2.05) is 22.9 Å². The zero-order valence-corrected chi connectivity index (χ0v) is 7.93. The third-order valence-electron chi connectivity index (χ3n) is 1.45. The monoisotopic (exact) mass is 277 g/mol. The van der Waals surface area contributed by atoms with Gasteiger partial charge in [0.05, 0.1) is 0 Å². The van der Waals surface area contributed by atoms with Crippen molar-refractivity contribution in [3.63, 3.8) is 0 Å². The summed E-state index contributed by atoms with van der Waals surface area (Å²) in [5, 5.41) is 26.1. The molecule has 0 spiro atoms. The molecule has 1 heterocycles. The molecule has 0 aliphatic heterocycles. The first kappa shape index (κ1) is 7.59. The Hall–Kier alpha value is -1.05. The molecule has 0 atom stereocenters. The molecule has 0 aliphatic rings. The minimum atomic E-state index is -0.181. The Morgan fingerprint density at radius 2 is 1.50 bits per heavy atom. The standard InChI is InChI=1S/C6H4IN3O2/c7-10-8-3-1-5(11)6(12)2-4(3)9-10/h1-2,11-12H. The van der Waals surface area contributed by atoms with Gasteiger partial charge in [0.15, 0.2) is 11.5 Å². The predicted molar refractivity (Wildman–Crippen MR) is 50.3 cm³/mol.